The first-order chi connectivity index (χ1) is 11.0. The van der Waals surface area contributed by atoms with Crippen LogP contribution in [0, 0.1) is 5.82 Å². The summed E-state index contributed by atoms with van der Waals surface area (Å²) in [6, 6.07) is 10.3. The highest BCUT2D eigenvalue weighted by Gasteiger charge is 2.09. The maximum atomic E-state index is 13.1. The number of ketones is 1. The topological polar surface area (TPSA) is 64.6 Å². The SMILES string of the molecule is COc1cc(F)ccc1NC(=O)COc1ccc(C(C)=O)cc1. The van der Waals surface area contributed by atoms with Gasteiger partial charge in [-0.15, -0.1) is 0 Å². The van der Waals surface area contributed by atoms with Crippen LogP contribution in [0.3, 0.4) is 0 Å². The summed E-state index contributed by atoms with van der Waals surface area (Å²) in [6.07, 6.45) is 0. The van der Waals surface area contributed by atoms with E-state index in [1.807, 2.05) is 0 Å². The zero-order valence-corrected chi connectivity index (χ0v) is 12.8. The second-order valence-electron chi connectivity index (χ2n) is 4.76. The molecule has 0 heterocycles. The minimum Gasteiger partial charge on any atom is -0.494 e. The lowest BCUT2D eigenvalue weighted by Crippen LogP contribution is -2.20. The van der Waals surface area contributed by atoms with Crippen LogP contribution in [0.2, 0.25) is 0 Å². The van der Waals surface area contributed by atoms with Gasteiger partial charge in [-0.25, -0.2) is 4.39 Å². The van der Waals surface area contributed by atoms with Gasteiger partial charge in [0.15, 0.2) is 12.4 Å². The van der Waals surface area contributed by atoms with Gasteiger partial charge in [0.1, 0.15) is 17.3 Å². The molecule has 23 heavy (non-hydrogen) atoms. The van der Waals surface area contributed by atoms with Crippen molar-refractivity contribution in [2.75, 3.05) is 19.0 Å². The summed E-state index contributed by atoms with van der Waals surface area (Å²) < 4.78 is 23.4. The smallest absolute Gasteiger partial charge is 0.262 e. The van der Waals surface area contributed by atoms with Crippen molar-refractivity contribution in [1.29, 1.82) is 0 Å². The van der Waals surface area contributed by atoms with Crippen molar-refractivity contribution in [2.45, 2.75) is 6.92 Å². The largest absolute Gasteiger partial charge is 0.494 e. The standard InChI is InChI=1S/C17H16FNO4/c1-11(20)12-3-6-14(7-4-12)23-10-17(21)19-15-8-5-13(18)9-16(15)22-2/h3-9H,10H2,1-2H3,(H,19,21). The number of hydrogen-bond acceptors (Lipinski definition) is 4. The Morgan fingerprint density at radius 2 is 1.83 bits per heavy atom. The molecule has 0 aromatic heterocycles. The summed E-state index contributed by atoms with van der Waals surface area (Å²) in [5.41, 5.74) is 0.923. The van der Waals surface area contributed by atoms with E-state index >= 15 is 0 Å². The molecule has 1 N–H and O–H groups in total. The second-order valence-corrected chi connectivity index (χ2v) is 4.76. The Hall–Kier alpha value is -2.89. The number of nitrogens with one attached hydrogen (secondary N) is 1. The quantitative estimate of drug-likeness (QED) is 0.832. The van der Waals surface area contributed by atoms with E-state index in [4.69, 9.17) is 9.47 Å². The molecule has 2 aromatic carbocycles. The Morgan fingerprint density at radius 1 is 1.13 bits per heavy atom. The molecule has 0 aliphatic heterocycles. The van der Waals surface area contributed by atoms with Gasteiger partial charge >= 0.3 is 0 Å². The fourth-order valence-electron chi connectivity index (χ4n) is 1.89. The summed E-state index contributed by atoms with van der Waals surface area (Å²) in [5.74, 6) is -0.217. The molecule has 0 fully saturated rings. The number of halogens is 1. The highest BCUT2D eigenvalue weighted by Crippen LogP contribution is 2.24. The number of hydrogen-bond donors (Lipinski definition) is 1. The van der Waals surface area contributed by atoms with Crippen molar-refractivity contribution in [3.8, 4) is 11.5 Å². The van der Waals surface area contributed by atoms with Crippen LogP contribution in [-0.2, 0) is 4.79 Å². The number of Topliss-reactive ketones (excluding diaryl/α,β-unsaturated/α-hetero) is 1. The third kappa shape index (κ3) is 4.54. The summed E-state index contributed by atoms with van der Waals surface area (Å²) in [4.78, 5) is 23.0. The zero-order chi connectivity index (χ0) is 16.8. The van der Waals surface area contributed by atoms with Gasteiger partial charge in [-0.2, -0.15) is 0 Å². The number of carbonyl (C=O) groups is 2. The van der Waals surface area contributed by atoms with Gasteiger partial charge in [-0.1, -0.05) is 0 Å². The van der Waals surface area contributed by atoms with Crippen molar-refractivity contribution in [3.05, 3.63) is 53.8 Å². The molecule has 0 spiro atoms. The summed E-state index contributed by atoms with van der Waals surface area (Å²) in [6.45, 7) is 1.25. The van der Waals surface area contributed by atoms with Gasteiger partial charge in [0.2, 0.25) is 0 Å². The van der Waals surface area contributed by atoms with Crippen molar-refractivity contribution in [1.82, 2.24) is 0 Å². The Balaban J connectivity index is 1.94. The molecule has 0 radical (unpaired) electrons. The molecule has 0 aliphatic rings. The van der Waals surface area contributed by atoms with Crippen LogP contribution in [0.4, 0.5) is 10.1 Å². The molecule has 2 rings (SSSR count). The van der Waals surface area contributed by atoms with Gasteiger partial charge in [-0.3, -0.25) is 9.59 Å². The normalized spacial score (nSPS) is 10.0. The number of benzene rings is 2. The average Bonchev–Trinajstić information content (AvgIpc) is 2.55. The average molecular weight is 317 g/mol. The molecule has 0 bridgehead atoms. The summed E-state index contributed by atoms with van der Waals surface area (Å²) in [5, 5.41) is 2.58. The molecular weight excluding hydrogens is 301 g/mol. The van der Waals surface area contributed by atoms with E-state index in [2.05, 4.69) is 5.32 Å². The molecule has 1 amide bonds. The fourth-order valence-corrected chi connectivity index (χ4v) is 1.89. The third-order valence-corrected chi connectivity index (χ3v) is 3.07. The number of carbonyl (C=O) groups excluding carboxylic acids is 2. The molecule has 0 unspecified atom stereocenters. The predicted octanol–water partition coefficient (Wildman–Crippen LogP) is 3.05. The lowest BCUT2D eigenvalue weighted by molar-refractivity contribution is -0.118. The van der Waals surface area contributed by atoms with Crippen LogP contribution in [0.5, 0.6) is 11.5 Å². The monoisotopic (exact) mass is 317 g/mol. The van der Waals surface area contributed by atoms with Crippen molar-refractivity contribution < 1.29 is 23.5 Å². The van der Waals surface area contributed by atoms with Crippen LogP contribution in [0.25, 0.3) is 0 Å². The summed E-state index contributed by atoms with van der Waals surface area (Å²) >= 11 is 0. The van der Waals surface area contributed by atoms with E-state index < -0.39 is 11.7 Å². The molecular formula is C17H16FNO4. The van der Waals surface area contributed by atoms with Crippen LogP contribution in [0.1, 0.15) is 17.3 Å². The molecule has 0 atom stereocenters. The van der Waals surface area contributed by atoms with Crippen LogP contribution in [0.15, 0.2) is 42.5 Å². The van der Waals surface area contributed by atoms with Crippen LogP contribution < -0.4 is 14.8 Å². The molecule has 0 saturated heterocycles. The number of amides is 1. The summed E-state index contributed by atoms with van der Waals surface area (Å²) in [7, 11) is 1.39. The highest BCUT2D eigenvalue weighted by atomic mass is 19.1. The Bertz CT molecular complexity index is 713. The van der Waals surface area contributed by atoms with E-state index in [1.165, 1.54) is 32.2 Å². The van der Waals surface area contributed by atoms with Crippen molar-refractivity contribution in [2.24, 2.45) is 0 Å². The lowest BCUT2D eigenvalue weighted by atomic mass is 10.1. The Labute approximate surface area is 133 Å². The maximum absolute atomic E-state index is 13.1. The maximum Gasteiger partial charge on any atom is 0.262 e. The van der Waals surface area contributed by atoms with E-state index in [0.717, 1.165) is 0 Å². The first-order valence-electron chi connectivity index (χ1n) is 6.87. The van der Waals surface area contributed by atoms with Gasteiger partial charge in [0.05, 0.1) is 12.8 Å². The predicted molar refractivity (Wildman–Crippen MR) is 83.5 cm³/mol. The van der Waals surface area contributed by atoms with Crippen molar-refractivity contribution in [3.63, 3.8) is 0 Å². The Kier molecular flexibility index (Phi) is 5.30. The van der Waals surface area contributed by atoms with E-state index in [9.17, 15) is 14.0 Å². The first kappa shape index (κ1) is 16.5. The number of ether oxygens (including phenoxy) is 2. The molecule has 0 aliphatic carbocycles. The molecule has 5 nitrogen and oxygen atoms in total. The number of anilines is 1. The van der Waals surface area contributed by atoms with Gasteiger partial charge in [0, 0.05) is 11.6 Å². The fraction of sp³-hybridized carbons (Fsp3) is 0.176. The van der Waals surface area contributed by atoms with E-state index in [-0.39, 0.29) is 18.1 Å². The van der Waals surface area contributed by atoms with E-state index in [1.54, 1.807) is 24.3 Å². The number of methoxy groups -OCH3 is 1. The van der Waals surface area contributed by atoms with E-state index in [0.29, 0.717) is 17.0 Å². The third-order valence-electron chi connectivity index (χ3n) is 3.07. The molecule has 6 heteroatoms. The minimum atomic E-state index is -0.457. The zero-order valence-electron chi connectivity index (χ0n) is 12.8. The van der Waals surface area contributed by atoms with Gasteiger partial charge in [-0.05, 0) is 43.3 Å². The van der Waals surface area contributed by atoms with Gasteiger partial charge in [0.25, 0.3) is 5.91 Å². The van der Waals surface area contributed by atoms with Crippen LogP contribution >= 0.6 is 0 Å². The molecule has 2 aromatic rings. The van der Waals surface area contributed by atoms with Crippen molar-refractivity contribution >= 4 is 17.4 Å². The first-order valence-corrected chi connectivity index (χ1v) is 6.87. The number of rotatable bonds is 6. The van der Waals surface area contributed by atoms with Crippen LogP contribution in [-0.4, -0.2) is 25.4 Å². The molecule has 0 saturated carbocycles. The lowest BCUT2D eigenvalue weighted by Gasteiger charge is -2.11. The minimum absolute atomic E-state index is 0.0438. The van der Waals surface area contributed by atoms with Gasteiger partial charge < -0.3 is 14.8 Å². The highest BCUT2D eigenvalue weighted by molar-refractivity contribution is 5.94. The molecule has 120 valence electrons. The second kappa shape index (κ2) is 7.40. The Morgan fingerprint density at radius 3 is 2.43 bits per heavy atom.